The largest absolute Gasteiger partial charge is 0.305 e. The highest BCUT2D eigenvalue weighted by Crippen LogP contribution is 2.18. The Labute approximate surface area is 101 Å². The van der Waals surface area contributed by atoms with E-state index in [4.69, 9.17) is 11.6 Å². The molecule has 0 aliphatic heterocycles. The molecule has 0 aliphatic carbocycles. The van der Waals surface area contributed by atoms with Crippen molar-refractivity contribution in [3.8, 4) is 0 Å². The summed E-state index contributed by atoms with van der Waals surface area (Å²) in [5.74, 6) is 0. The number of thioether (sulfide) groups is 1. The van der Waals surface area contributed by atoms with Gasteiger partial charge < -0.3 is 5.32 Å². The SMILES string of the molecule is C=C(Cl)CNC(C)c1ccc(SC)cc1. The van der Waals surface area contributed by atoms with E-state index in [9.17, 15) is 0 Å². The minimum atomic E-state index is 0.302. The maximum Gasteiger partial charge on any atom is 0.0313 e. The lowest BCUT2D eigenvalue weighted by Gasteiger charge is -2.13. The van der Waals surface area contributed by atoms with Gasteiger partial charge in [0.15, 0.2) is 0 Å². The van der Waals surface area contributed by atoms with Crippen LogP contribution in [0.2, 0.25) is 0 Å². The van der Waals surface area contributed by atoms with Gasteiger partial charge in [-0.25, -0.2) is 0 Å². The fourth-order valence-electron chi connectivity index (χ4n) is 1.27. The maximum atomic E-state index is 5.70. The minimum Gasteiger partial charge on any atom is -0.305 e. The topological polar surface area (TPSA) is 12.0 Å². The summed E-state index contributed by atoms with van der Waals surface area (Å²) in [6.45, 7) is 6.41. The molecule has 0 saturated heterocycles. The van der Waals surface area contributed by atoms with Gasteiger partial charge in [0, 0.05) is 22.5 Å². The van der Waals surface area contributed by atoms with Crippen LogP contribution in [0.3, 0.4) is 0 Å². The Morgan fingerprint density at radius 2 is 2.07 bits per heavy atom. The Kier molecular flexibility index (Phi) is 5.23. The van der Waals surface area contributed by atoms with Crippen LogP contribution in [0, 0.1) is 0 Å². The third-order valence-corrected chi connectivity index (χ3v) is 3.09. The molecule has 1 aromatic carbocycles. The second kappa shape index (κ2) is 6.21. The van der Waals surface area contributed by atoms with Crippen LogP contribution in [0.25, 0.3) is 0 Å². The van der Waals surface area contributed by atoms with Crippen LogP contribution >= 0.6 is 23.4 Å². The Balaban J connectivity index is 2.57. The molecule has 0 saturated carbocycles. The summed E-state index contributed by atoms with van der Waals surface area (Å²) < 4.78 is 0. The molecule has 0 amide bonds. The molecule has 0 bridgehead atoms. The van der Waals surface area contributed by atoms with E-state index < -0.39 is 0 Å². The number of hydrogen-bond acceptors (Lipinski definition) is 2. The average Bonchev–Trinajstić information content (AvgIpc) is 2.26. The van der Waals surface area contributed by atoms with E-state index in [0.29, 0.717) is 17.6 Å². The average molecular weight is 242 g/mol. The molecular weight excluding hydrogens is 226 g/mol. The first-order valence-corrected chi connectivity index (χ1v) is 6.44. The number of nitrogens with one attached hydrogen (secondary N) is 1. The van der Waals surface area contributed by atoms with E-state index >= 15 is 0 Å². The zero-order valence-corrected chi connectivity index (χ0v) is 10.7. The third-order valence-electron chi connectivity index (χ3n) is 2.22. The van der Waals surface area contributed by atoms with Gasteiger partial charge in [-0.3, -0.25) is 0 Å². The van der Waals surface area contributed by atoms with Gasteiger partial charge in [0.05, 0.1) is 0 Å². The molecule has 0 heterocycles. The van der Waals surface area contributed by atoms with Crippen molar-refractivity contribution in [2.24, 2.45) is 0 Å². The number of hydrogen-bond donors (Lipinski definition) is 1. The van der Waals surface area contributed by atoms with Crippen LogP contribution < -0.4 is 5.32 Å². The van der Waals surface area contributed by atoms with Crippen molar-refractivity contribution in [1.82, 2.24) is 5.32 Å². The molecule has 82 valence electrons. The zero-order chi connectivity index (χ0) is 11.3. The fraction of sp³-hybridized carbons (Fsp3) is 0.333. The molecule has 0 aromatic heterocycles. The van der Waals surface area contributed by atoms with E-state index in [2.05, 4.69) is 49.3 Å². The van der Waals surface area contributed by atoms with Crippen molar-refractivity contribution in [2.75, 3.05) is 12.8 Å². The first-order chi connectivity index (χ1) is 7.13. The molecule has 1 N–H and O–H groups in total. The van der Waals surface area contributed by atoms with Crippen LogP contribution in [0.4, 0.5) is 0 Å². The van der Waals surface area contributed by atoms with Crippen molar-refractivity contribution in [3.63, 3.8) is 0 Å². The summed E-state index contributed by atoms with van der Waals surface area (Å²) >= 11 is 7.45. The lowest BCUT2D eigenvalue weighted by molar-refractivity contribution is 0.614. The standard InChI is InChI=1S/C12H16ClNS/c1-9(13)8-14-10(2)11-4-6-12(15-3)7-5-11/h4-7,10,14H,1,8H2,2-3H3. The van der Waals surface area contributed by atoms with Crippen LogP contribution in [-0.4, -0.2) is 12.8 Å². The van der Waals surface area contributed by atoms with Crippen LogP contribution in [0.15, 0.2) is 40.8 Å². The second-order valence-electron chi connectivity index (χ2n) is 3.39. The van der Waals surface area contributed by atoms with Crippen molar-refractivity contribution in [3.05, 3.63) is 41.4 Å². The normalized spacial score (nSPS) is 12.5. The highest BCUT2D eigenvalue weighted by molar-refractivity contribution is 7.98. The molecule has 1 rings (SSSR count). The number of rotatable bonds is 5. The number of halogens is 1. The van der Waals surface area contributed by atoms with Crippen molar-refractivity contribution in [2.45, 2.75) is 17.9 Å². The Bertz CT molecular complexity index is 321. The van der Waals surface area contributed by atoms with Gasteiger partial charge in [0.1, 0.15) is 0 Å². The van der Waals surface area contributed by atoms with E-state index in [-0.39, 0.29) is 0 Å². The molecule has 0 aliphatic rings. The summed E-state index contributed by atoms with van der Waals surface area (Å²) in [6.07, 6.45) is 2.08. The van der Waals surface area contributed by atoms with E-state index in [1.165, 1.54) is 10.5 Å². The Morgan fingerprint density at radius 1 is 1.47 bits per heavy atom. The van der Waals surface area contributed by atoms with Gasteiger partial charge >= 0.3 is 0 Å². The maximum absolute atomic E-state index is 5.70. The van der Waals surface area contributed by atoms with Gasteiger partial charge in [-0.15, -0.1) is 11.8 Å². The van der Waals surface area contributed by atoms with Crippen molar-refractivity contribution in [1.29, 1.82) is 0 Å². The van der Waals surface area contributed by atoms with Gasteiger partial charge in [-0.2, -0.15) is 0 Å². The summed E-state index contributed by atoms with van der Waals surface area (Å²) in [4.78, 5) is 1.28. The van der Waals surface area contributed by atoms with E-state index in [0.717, 1.165) is 0 Å². The lowest BCUT2D eigenvalue weighted by atomic mass is 10.1. The summed E-state index contributed by atoms with van der Waals surface area (Å²) in [5.41, 5.74) is 1.27. The first-order valence-electron chi connectivity index (χ1n) is 4.84. The molecule has 1 unspecified atom stereocenters. The second-order valence-corrected chi connectivity index (χ2v) is 4.81. The smallest absolute Gasteiger partial charge is 0.0313 e. The first kappa shape index (κ1) is 12.6. The highest BCUT2D eigenvalue weighted by atomic mass is 35.5. The predicted octanol–water partition coefficient (Wildman–Crippen LogP) is 3.81. The monoisotopic (exact) mass is 241 g/mol. The minimum absolute atomic E-state index is 0.302. The molecule has 0 fully saturated rings. The van der Waals surface area contributed by atoms with Crippen LogP contribution in [-0.2, 0) is 0 Å². The highest BCUT2D eigenvalue weighted by Gasteiger charge is 2.04. The number of benzene rings is 1. The van der Waals surface area contributed by atoms with Crippen LogP contribution in [0.1, 0.15) is 18.5 Å². The Hall–Kier alpha value is -0.440. The van der Waals surface area contributed by atoms with Gasteiger partial charge in [-0.1, -0.05) is 30.3 Å². The van der Waals surface area contributed by atoms with Crippen molar-refractivity contribution < 1.29 is 0 Å². The molecule has 1 atom stereocenters. The predicted molar refractivity (Wildman–Crippen MR) is 69.6 cm³/mol. The molecule has 1 aromatic rings. The lowest BCUT2D eigenvalue weighted by Crippen LogP contribution is -2.19. The molecule has 0 spiro atoms. The van der Waals surface area contributed by atoms with Gasteiger partial charge in [0.25, 0.3) is 0 Å². The van der Waals surface area contributed by atoms with E-state index in [1.54, 1.807) is 11.8 Å². The summed E-state index contributed by atoms with van der Waals surface area (Å²) in [7, 11) is 0. The quantitative estimate of drug-likeness (QED) is 0.787. The molecule has 15 heavy (non-hydrogen) atoms. The molecule has 0 radical (unpaired) electrons. The van der Waals surface area contributed by atoms with Gasteiger partial charge in [0.2, 0.25) is 0 Å². The summed E-state index contributed by atoms with van der Waals surface area (Å²) in [5, 5.41) is 3.94. The van der Waals surface area contributed by atoms with Gasteiger partial charge in [-0.05, 0) is 30.9 Å². The zero-order valence-electron chi connectivity index (χ0n) is 9.09. The third kappa shape index (κ3) is 4.29. The molecule has 3 heteroatoms. The fourth-order valence-corrected chi connectivity index (χ4v) is 1.76. The Morgan fingerprint density at radius 3 is 2.53 bits per heavy atom. The molecule has 1 nitrogen and oxygen atoms in total. The van der Waals surface area contributed by atoms with Crippen molar-refractivity contribution >= 4 is 23.4 Å². The van der Waals surface area contributed by atoms with E-state index in [1.807, 2.05) is 0 Å². The summed E-state index contributed by atoms with van der Waals surface area (Å²) in [6, 6.07) is 8.85. The molecular formula is C12H16ClNS. The van der Waals surface area contributed by atoms with Crippen LogP contribution in [0.5, 0.6) is 0 Å².